The second kappa shape index (κ2) is 5.19. The fourth-order valence-electron chi connectivity index (χ4n) is 2.81. The molecule has 4 heteroatoms. The van der Waals surface area contributed by atoms with Crippen LogP contribution in [-0.4, -0.2) is 11.0 Å². The van der Waals surface area contributed by atoms with E-state index in [1.54, 1.807) is 0 Å². The Labute approximate surface area is 132 Å². The smallest absolute Gasteiger partial charge is 0.105 e. The van der Waals surface area contributed by atoms with Gasteiger partial charge in [0.15, 0.2) is 0 Å². The highest BCUT2D eigenvalue weighted by molar-refractivity contribution is 9.10. The Morgan fingerprint density at radius 1 is 1.30 bits per heavy atom. The zero-order valence-electron chi connectivity index (χ0n) is 11.1. The maximum Gasteiger partial charge on any atom is 0.105 e. The van der Waals surface area contributed by atoms with E-state index in [4.69, 9.17) is 18.0 Å². The summed E-state index contributed by atoms with van der Waals surface area (Å²) in [6.07, 6.45) is 1.07. The number of benzene rings is 2. The van der Waals surface area contributed by atoms with Gasteiger partial charge in [0.2, 0.25) is 0 Å². The maximum absolute atomic E-state index is 5.71. The zero-order valence-corrected chi connectivity index (χ0v) is 13.5. The standard InChI is InChI=1S/C16H15BrN2S/c1-10-8-11-4-2-3-5-15(11)19(10)12-6-7-13(16(18)20)14(17)9-12/h2-7,9-10H,8H2,1H3,(H2,18,20). The summed E-state index contributed by atoms with van der Waals surface area (Å²) < 4.78 is 0.944. The quantitative estimate of drug-likeness (QED) is 0.827. The average Bonchev–Trinajstić information content (AvgIpc) is 2.73. The van der Waals surface area contributed by atoms with Crippen molar-refractivity contribution in [3.05, 3.63) is 58.1 Å². The molecule has 2 N–H and O–H groups in total. The summed E-state index contributed by atoms with van der Waals surface area (Å²) in [6, 6.07) is 15.2. The third-order valence-electron chi connectivity index (χ3n) is 3.70. The number of nitrogens with two attached hydrogens (primary N) is 1. The normalized spacial score (nSPS) is 17.1. The highest BCUT2D eigenvalue weighted by Gasteiger charge is 2.26. The van der Waals surface area contributed by atoms with Crippen LogP contribution >= 0.6 is 28.1 Å². The molecule has 3 rings (SSSR count). The molecule has 0 aliphatic carbocycles. The van der Waals surface area contributed by atoms with Crippen LogP contribution < -0.4 is 10.6 Å². The number of nitrogens with zero attached hydrogens (tertiary/aromatic N) is 1. The lowest BCUT2D eigenvalue weighted by Crippen LogP contribution is -2.24. The lowest BCUT2D eigenvalue weighted by Gasteiger charge is -2.25. The predicted octanol–water partition coefficient (Wildman–Crippen LogP) is 4.17. The first-order chi connectivity index (χ1) is 9.58. The first-order valence-corrected chi connectivity index (χ1v) is 7.74. The summed E-state index contributed by atoms with van der Waals surface area (Å²) in [6.45, 7) is 2.25. The van der Waals surface area contributed by atoms with Gasteiger partial charge in [-0.1, -0.05) is 30.4 Å². The van der Waals surface area contributed by atoms with Crippen LogP contribution in [0, 0.1) is 0 Å². The Morgan fingerprint density at radius 3 is 2.75 bits per heavy atom. The highest BCUT2D eigenvalue weighted by Crippen LogP contribution is 2.39. The summed E-state index contributed by atoms with van der Waals surface area (Å²) in [5.41, 5.74) is 10.4. The van der Waals surface area contributed by atoms with E-state index in [-0.39, 0.29) is 0 Å². The molecule has 0 spiro atoms. The molecule has 2 aromatic rings. The van der Waals surface area contributed by atoms with Crippen LogP contribution in [0.4, 0.5) is 11.4 Å². The Bertz CT molecular complexity index is 684. The van der Waals surface area contributed by atoms with Crippen molar-refractivity contribution in [1.82, 2.24) is 0 Å². The predicted molar refractivity (Wildman–Crippen MR) is 91.8 cm³/mol. The Balaban J connectivity index is 2.06. The van der Waals surface area contributed by atoms with Gasteiger partial charge in [-0.3, -0.25) is 0 Å². The molecule has 1 aliphatic rings. The fourth-order valence-corrected chi connectivity index (χ4v) is 3.70. The SMILES string of the molecule is CC1Cc2ccccc2N1c1ccc(C(N)=S)c(Br)c1. The van der Waals surface area contributed by atoms with Gasteiger partial charge < -0.3 is 10.6 Å². The van der Waals surface area contributed by atoms with Gasteiger partial charge in [0.05, 0.1) is 0 Å². The van der Waals surface area contributed by atoms with Crippen molar-refractivity contribution < 1.29 is 0 Å². The molecule has 0 aromatic heterocycles. The number of anilines is 2. The van der Waals surface area contributed by atoms with Crippen molar-refractivity contribution in [2.24, 2.45) is 5.73 Å². The molecule has 0 saturated carbocycles. The van der Waals surface area contributed by atoms with Gasteiger partial charge in [-0.15, -0.1) is 0 Å². The number of hydrogen-bond donors (Lipinski definition) is 1. The Kier molecular flexibility index (Phi) is 3.52. The molecule has 0 radical (unpaired) electrons. The molecule has 1 unspecified atom stereocenters. The largest absolute Gasteiger partial charge is 0.389 e. The summed E-state index contributed by atoms with van der Waals surface area (Å²) in [7, 11) is 0. The zero-order chi connectivity index (χ0) is 14.3. The average molecular weight is 347 g/mol. The Morgan fingerprint density at radius 2 is 2.05 bits per heavy atom. The van der Waals surface area contributed by atoms with Crippen molar-refractivity contribution in [3.63, 3.8) is 0 Å². The van der Waals surface area contributed by atoms with Crippen LogP contribution in [0.2, 0.25) is 0 Å². The second-order valence-corrected chi connectivity index (χ2v) is 6.37. The van der Waals surface area contributed by atoms with Gasteiger partial charge in [0.1, 0.15) is 4.99 Å². The molecule has 1 heterocycles. The summed E-state index contributed by atoms with van der Waals surface area (Å²) in [5.74, 6) is 0. The van der Waals surface area contributed by atoms with Gasteiger partial charge in [0.25, 0.3) is 0 Å². The fraction of sp³-hybridized carbons (Fsp3) is 0.188. The molecule has 20 heavy (non-hydrogen) atoms. The lowest BCUT2D eigenvalue weighted by molar-refractivity contribution is 0.759. The van der Waals surface area contributed by atoms with Crippen LogP contribution in [0.5, 0.6) is 0 Å². The summed E-state index contributed by atoms with van der Waals surface area (Å²) in [5, 5.41) is 0. The molecule has 102 valence electrons. The van der Waals surface area contributed by atoms with Crippen molar-refractivity contribution in [1.29, 1.82) is 0 Å². The van der Waals surface area contributed by atoms with E-state index in [0.717, 1.165) is 22.1 Å². The number of rotatable bonds is 2. The van der Waals surface area contributed by atoms with E-state index in [1.807, 2.05) is 6.07 Å². The molecule has 0 amide bonds. The van der Waals surface area contributed by atoms with Crippen LogP contribution in [0.25, 0.3) is 0 Å². The van der Waals surface area contributed by atoms with Crippen LogP contribution in [0.3, 0.4) is 0 Å². The van der Waals surface area contributed by atoms with E-state index in [2.05, 4.69) is 64.2 Å². The van der Waals surface area contributed by atoms with Crippen LogP contribution in [0.15, 0.2) is 46.9 Å². The second-order valence-electron chi connectivity index (χ2n) is 5.08. The van der Waals surface area contributed by atoms with Gasteiger partial charge >= 0.3 is 0 Å². The molecule has 1 atom stereocenters. The first-order valence-electron chi connectivity index (χ1n) is 6.54. The van der Waals surface area contributed by atoms with E-state index in [1.165, 1.54) is 11.3 Å². The summed E-state index contributed by atoms with van der Waals surface area (Å²) in [4.78, 5) is 2.78. The number of fused-ring (bicyclic) bond motifs is 1. The van der Waals surface area contributed by atoms with E-state index in [9.17, 15) is 0 Å². The molecule has 2 nitrogen and oxygen atoms in total. The topological polar surface area (TPSA) is 29.3 Å². The number of thiocarbonyl (C=S) groups is 1. The van der Waals surface area contributed by atoms with Gasteiger partial charge in [0, 0.05) is 27.5 Å². The Hall–Kier alpha value is -1.39. The van der Waals surface area contributed by atoms with Gasteiger partial charge in [-0.05, 0) is 59.1 Å². The molecule has 2 aromatic carbocycles. The van der Waals surface area contributed by atoms with Crippen molar-refractivity contribution in [2.75, 3.05) is 4.90 Å². The van der Waals surface area contributed by atoms with Crippen molar-refractivity contribution >= 4 is 44.5 Å². The maximum atomic E-state index is 5.71. The lowest BCUT2D eigenvalue weighted by atomic mass is 10.1. The van der Waals surface area contributed by atoms with E-state index < -0.39 is 0 Å². The minimum absolute atomic E-state index is 0.415. The van der Waals surface area contributed by atoms with Gasteiger partial charge in [-0.2, -0.15) is 0 Å². The monoisotopic (exact) mass is 346 g/mol. The first kappa shape index (κ1) is 13.6. The summed E-state index contributed by atoms with van der Waals surface area (Å²) >= 11 is 8.61. The molecular formula is C16H15BrN2S. The molecule has 1 aliphatic heterocycles. The molecular weight excluding hydrogens is 332 g/mol. The molecule has 0 fully saturated rings. The van der Waals surface area contributed by atoms with E-state index in [0.29, 0.717) is 11.0 Å². The van der Waals surface area contributed by atoms with Gasteiger partial charge in [-0.25, -0.2) is 0 Å². The minimum Gasteiger partial charge on any atom is -0.389 e. The highest BCUT2D eigenvalue weighted by atomic mass is 79.9. The molecule has 0 bridgehead atoms. The number of halogens is 1. The number of hydrogen-bond acceptors (Lipinski definition) is 2. The third-order valence-corrected chi connectivity index (χ3v) is 4.58. The van der Waals surface area contributed by atoms with Crippen LogP contribution in [0.1, 0.15) is 18.1 Å². The molecule has 0 saturated heterocycles. The number of para-hydroxylation sites is 1. The minimum atomic E-state index is 0.415. The van der Waals surface area contributed by atoms with Crippen LogP contribution in [-0.2, 0) is 6.42 Å². The van der Waals surface area contributed by atoms with E-state index >= 15 is 0 Å². The van der Waals surface area contributed by atoms with Crippen molar-refractivity contribution in [3.8, 4) is 0 Å². The van der Waals surface area contributed by atoms with Crippen molar-refractivity contribution in [2.45, 2.75) is 19.4 Å². The third kappa shape index (κ3) is 2.23.